The van der Waals surface area contributed by atoms with Crippen molar-refractivity contribution in [2.75, 3.05) is 26.4 Å². The van der Waals surface area contributed by atoms with Crippen molar-refractivity contribution < 1.29 is 38.4 Å². The van der Waals surface area contributed by atoms with Gasteiger partial charge in [-0.3, -0.25) is 14.4 Å². The minimum atomic E-state index is -1.79. The second-order valence-corrected chi connectivity index (χ2v) is 9.64. The molecule has 2 aliphatic heterocycles. The maximum absolute atomic E-state index is 13.6. The second-order valence-electron chi connectivity index (χ2n) is 9.64. The fourth-order valence-corrected chi connectivity index (χ4v) is 5.16. The summed E-state index contributed by atoms with van der Waals surface area (Å²) in [6.07, 6.45) is 0.0384. The van der Waals surface area contributed by atoms with Gasteiger partial charge in [0.15, 0.2) is 0 Å². The van der Waals surface area contributed by atoms with Gasteiger partial charge in [0, 0.05) is 29.4 Å². The highest BCUT2D eigenvalue weighted by molar-refractivity contribution is 5.88. The zero-order valence-electron chi connectivity index (χ0n) is 22.1. The van der Waals surface area contributed by atoms with E-state index in [-0.39, 0.29) is 69.8 Å². The minimum absolute atomic E-state index is 0.0273. The average Bonchev–Trinajstić information content (AvgIpc) is 3.31. The van der Waals surface area contributed by atoms with Crippen LogP contribution in [0.2, 0.25) is 0 Å². The van der Waals surface area contributed by atoms with Crippen LogP contribution in [-0.2, 0) is 52.1 Å². The lowest BCUT2D eigenvalue weighted by Gasteiger charge is -2.35. The van der Waals surface area contributed by atoms with E-state index in [1.165, 1.54) is 0 Å². The molecule has 4 heterocycles. The number of carbonyl (C=O) groups is 3. The number of pyridine rings is 2. The van der Waals surface area contributed by atoms with E-state index in [0.717, 1.165) is 16.5 Å². The van der Waals surface area contributed by atoms with Crippen molar-refractivity contribution in [3.05, 3.63) is 63.4 Å². The maximum Gasteiger partial charge on any atom is 0.355 e. The summed E-state index contributed by atoms with van der Waals surface area (Å²) in [7, 11) is 0. The first-order valence-electron chi connectivity index (χ1n) is 13.3. The highest BCUT2D eigenvalue weighted by Crippen LogP contribution is 2.41. The normalized spacial score (nSPS) is 17.1. The Labute approximate surface area is 229 Å². The molecule has 2 aromatic heterocycles. The number of hydrogen-bond acceptors (Lipinski definition) is 10. The summed E-state index contributed by atoms with van der Waals surface area (Å²) in [6.45, 7) is 2.05. The summed E-state index contributed by atoms with van der Waals surface area (Å²) < 4.78 is 22.8. The van der Waals surface area contributed by atoms with Gasteiger partial charge in [-0.2, -0.15) is 0 Å². The molecule has 0 saturated carbocycles. The predicted molar refractivity (Wildman–Crippen MR) is 141 cm³/mol. The molecule has 11 nitrogen and oxygen atoms in total. The topological polar surface area (TPSA) is 143 Å². The third-order valence-corrected chi connectivity index (χ3v) is 7.16. The monoisotopic (exact) mass is 550 g/mol. The average molecular weight is 551 g/mol. The van der Waals surface area contributed by atoms with Crippen LogP contribution in [0, 0.1) is 0 Å². The molecule has 0 fully saturated rings. The number of carbonyl (C=O) groups excluding carboxylic acids is 3. The lowest BCUT2D eigenvalue weighted by atomic mass is 9.85. The number of aliphatic hydroxyl groups excluding tert-OH is 1. The van der Waals surface area contributed by atoms with Gasteiger partial charge in [0.1, 0.15) is 13.2 Å². The molecule has 210 valence electrons. The Morgan fingerprint density at radius 3 is 2.70 bits per heavy atom. The van der Waals surface area contributed by atoms with Crippen LogP contribution in [0.1, 0.15) is 49.3 Å². The first-order valence-corrected chi connectivity index (χ1v) is 13.3. The summed E-state index contributed by atoms with van der Waals surface area (Å²) in [5, 5.41) is 9.63. The van der Waals surface area contributed by atoms with E-state index in [0.29, 0.717) is 23.5 Å². The molecule has 1 aromatic carbocycles. The fourth-order valence-electron chi connectivity index (χ4n) is 5.16. The van der Waals surface area contributed by atoms with E-state index in [1.807, 2.05) is 30.3 Å². The molecule has 0 bridgehead atoms. The van der Waals surface area contributed by atoms with E-state index in [2.05, 4.69) is 0 Å². The molecule has 1 atom stereocenters. The predicted octanol–water partition coefficient (Wildman–Crippen LogP) is 2.35. The first kappa shape index (κ1) is 27.5. The van der Waals surface area contributed by atoms with E-state index in [1.54, 1.807) is 17.6 Å². The number of fused-ring (bicyclic) bond motifs is 5. The number of esters is 3. The number of ether oxygens (including phenoxy) is 4. The molecule has 3 aromatic rings. The van der Waals surface area contributed by atoms with Crippen molar-refractivity contribution >= 4 is 28.8 Å². The second kappa shape index (κ2) is 11.6. The molecule has 1 unspecified atom stereocenters. The molecule has 0 saturated heterocycles. The van der Waals surface area contributed by atoms with Gasteiger partial charge in [-0.15, -0.1) is 0 Å². The Bertz CT molecular complexity index is 1530. The highest BCUT2D eigenvalue weighted by atomic mass is 16.6. The number of benzene rings is 1. The summed E-state index contributed by atoms with van der Waals surface area (Å²) in [4.78, 5) is 56.3. The molecule has 40 heavy (non-hydrogen) atoms. The van der Waals surface area contributed by atoms with Crippen LogP contribution in [0.4, 0.5) is 0 Å². The third kappa shape index (κ3) is 5.09. The number of nitrogens with zero attached hydrogens (tertiary/aromatic N) is 2. The molecule has 0 amide bonds. The van der Waals surface area contributed by atoms with Gasteiger partial charge in [-0.1, -0.05) is 25.1 Å². The standard InChI is InChI=1S/C29H30N2O9/c1-2-29(40-25(34)9-5-8-24(33)38-13-12-37-11-10-32)21-15-23-26-19(14-18-6-3-4-7-22(18)30-26)16-31(23)27(35)20(21)17-39-28(29)36/h3-4,6-7,14-15,32H,2,5,8-13,16-17H2,1H3. The molecule has 2 aliphatic rings. The minimum Gasteiger partial charge on any atom is -0.463 e. The number of hydrogen-bond donors (Lipinski definition) is 1. The summed E-state index contributed by atoms with van der Waals surface area (Å²) >= 11 is 0. The van der Waals surface area contributed by atoms with Gasteiger partial charge >= 0.3 is 17.9 Å². The number of para-hydroxylation sites is 1. The largest absolute Gasteiger partial charge is 0.463 e. The number of aromatic nitrogens is 2. The molecule has 0 spiro atoms. The van der Waals surface area contributed by atoms with Crippen molar-refractivity contribution in [3.63, 3.8) is 0 Å². The van der Waals surface area contributed by atoms with E-state index < -0.39 is 23.5 Å². The van der Waals surface area contributed by atoms with Crippen molar-refractivity contribution in [2.45, 2.75) is 51.4 Å². The van der Waals surface area contributed by atoms with Gasteiger partial charge in [-0.25, -0.2) is 9.78 Å². The molecular weight excluding hydrogens is 520 g/mol. The number of rotatable bonds is 11. The van der Waals surface area contributed by atoms with Gasteiger partial charge in [0.05, 0.1) is 48.8 Å². The van der Waals surface area contributed by atoms with E-state index >= 15 is 0 Å². The molecule has 5 rings (SSSR count). The highest BCUT2D eigenvalue weighted by Gasteiger charge is 2.50. The van der Waals surface area contributed by atoms with Crippen LogP contribution in [0.25, 0.3) is 22.3 Å². The van der Waals surface area contributed by atoms with Crippen LogP contribution >= 0.6 is 0 Å². The van der Waals surface area contributed by atoms with Gasteiger partial charge in [0.25, 0.3) is 5.56 Å². The Kier molecular flexibility index (Phi) is 7.95. The van der Waals surface area contributed by atoms with E-state index in [9.17, 15) is 19.2 Å². The van der Waals surface area contributed by atoms with E-state index in [4.69, 9.17) is 29.0 Å². The molecule has 0 radical (unpaired) electrons. The smallest absolute Gasteiger partial charge is 0.355 e. The third-order valence-electron chi connectivity index (χ3n) is 7.16. The Morgan fingerprint density at radius 1 is 1.10 bits per heavy atom. The summed E-state index contributed by atoms with van der Waals surface area (Å²) in [5.74, 6) is -1.95. The molecule has 11 heteroatoms. The maximum atomic E-state index is 13.6. The van der Waals surface area contributed by atoms with Crippen LogP contribution in [0.15, 0.2) is 41.2 Å². The van der Waals surface area contributed by atoms with Crippen LogP contribution in [0.5, 0.6) is 0 Å². The molecule has 1 N–H and O–H groups in total. The van der Waals surface area contributed by atoms with Gasteiger partial charge in [-0.05, 0) is 31.0 Å². The van der Waals surface area contributed by atoms with Crippen molar-refractivity contribution in [3.8, 4) is 11.4 Å². The van der Waals surface area contributed by atoms with Gasteiger partial charge in [0.2, 0.25) is 5.60 Å². The summed E-state index contributed by atoms with van der Waals surface area (Å²) in [5.41, 5.74) is 1.33. The lowest BCUT2D eigenvalue weighted by Crippen LogP contribution is -2.47. The fraction of sp³-hybridized carbons (Fsp3) is 0.414. The van der Waals surface area contributed by atoms with Crippen molar-refractivity contribution in [2.24, 2.45) is 0 Å². The zero-order chi connectivity index (χ0) is 28.3. The summed E-state index contributed by atoms with van der Waals surface area (Å²) in [6, 6.07) is 11.4. The van der Waals surface area contributed by atoms with Crippen LogP contribution in [0.3, 0.4) is 0 Å². The number of cyclic esters (lactones) is 1. The van der Waals surface area contributed by atoms with Gasteiger partial charge < -0.3 is 28.6 Å². The van der Waals surface area contributed by atoms with Crippen LogP contribution in [-0.4, -0.2) is 59.0 Å². The Balaban J connectivity index is 1.36. The molecular formula is C29H30N2O9. The number of aliphatic hydroxyl groups is 1. The Morgan fingerprint density at radius 2 is 1.90 bits per heavy atom. The Hall–Kier alpha value is -4.09. The molecule has 0 aliphatic carbocycles. The SMILES string of the molecule is CCC1(OC(=O)CCCC(=O)OCCOCCO)C(=O)OCc2c1cc1n(c2=O)Cc2cc3ccccc3nc2-1. The van der Waals surface area contributed by atoms with Crippen LogP contribution < -0.4 is 5.56 Å². The van der Waals surface area contributed by atoms with Crippen molar-refractivity contribution in [1.29, 1.82) is 0 Å². The van der Waals surface area contributed by atoms with Crippen molar-refractivity contribution in [1.82, 2.24) is 9.55 Å². The quantitative estimate of drug-likeness (QED) is 0.168. The lowest BCUT2D eigenvalue weighted by molar-refractivity contribution is -0.189. The zero-order valence-corrected chi connectivity index (χ0v) is 22.1. The first-order chi connectivity index (χ1) is 19.4.